The summed E-state index contributed by atoms with van der Waals surface area (Å²) >= 11 is 0. The zero-order valence-electron chi connectivity index (χ0n) is 13.3. The van der Waals surface area contributed by atoms with E-state index in [1.54, 1.807) is 19.0 Å². The number of likely N-dealkylation sites (N-methyl/N-ethyl adjacent to an activating group) is 2. The smallest absolute Gasteiger partial charge is 0.422 e. The van der Waals surface area contributed by atoms with Gasteiger partial charge >= 0.3 is 11.9 Å². The van der Waals surface area contributed by atoms with Crippen LogP contribution in [0.1, 0.15) is 6.92 Å². The third-order valence-corrected chi connectivity index (χ3v) is 3.09. The number of hydrogen-bond donors (Lipinski definition) is 0. The number of anilines is 1. The molecule has 0 aliphatic carbocycles. The number of ether oxygens (including phenoxy) is 1. The molecule has 0 aliphatic rings. The fraction of sp³-hybridized carbons (Fsp3) is 0.538. The van der Waals surface area contributed by atoms with Gasteiger partial charge in [-0.1, -0.05) is 0 Å². The van der Waals surface area contributed by atoms with Crippen molar-refractivity contribution in [2.75, 3.05) is 38.7 Å². The first-order valence-corrected chi connectivity index (χ1v) is 6.79. The van der Waals surface area contributed by atoms with E-state index in [1.165, 1.54) is 17.9 Å². The van der Waals surface area contributed by atoms with E-state index in [0.29, 0.717) is 13.1 Å². The number of nitro groups is 1. The fourth-order valence-electron chi connectivity index (χ4n) is 1.60. The summed E-state index contributed by atoms with van der Waals surface area (Å²) in [7, 11) is 3.19. The highest BCUT2D eigenvalue weighted by Gasteiger charge is 2.31. The normalized spacial score (nSPS) is 11.1. The first kappa shape index (κ1) is 19.5. The van der Waals surface area contributed by atoms with E-state index in [1.807, 2.05) is 0 Å². The molecule has 0 fully saturated rings. The number of aromatic nitrogens is 1. The zero-order chi connectivity index (χ0) is 18.5. The Kier molecular flexibility index (Phi) is 6.32. The molecule has 0 aromatic carbocycles. The Morgan fingerprint density at radius 3 is 2.46 bits per heavy atom. The van der Waals surface area contributed by atoms with Crippen molar-refractivity contribution >= 4 is 17.4 Å². The number of hydrogen-bond acceptors (Lipinski definition) is 6. The van der Waals surface area contributed by atoms with E-state index in [2.05, 4.69) is 9.72 Å². The third-order valence-electron chi connectivity index (χ3n) is 3.09. The number of alkyl halides is 3. The third kappa shape index (κ3) is 5.89. The second-order valence-corrected chi connectivity index (χ2v) is 5.02. The molecule has 1 aromatic rings. The van der Waals surface area contributed by atoms with Crippen LogP contribution >= 0.6 is 0 Å². The average molecular weight is 350 g/mol. The Balaban J connectivity index is 2.92. The molecule has 1 rings (SSSR count). The molecule has 0 aliphatic heterocycles. The number of pyridine rings is 1. The minimum absolute atomic E-state index is 0.144. The van der Waals surface area contributed by atoms with Crippen molar-refractivity contribution in [2.45, 2.75) is 13.1 Å². The molecule has 8 nitrogen and oxygen atoms in total. The molecule has 1 aromatic heterocycles. The molecule has 0 atom stereocenters. The predicted molar refractivity (Wildman–Crippen MR) is 79.0 cm³/mol. The number of nitrogens with zero attached hydrogens (tertiary/aromatic N) is 4. The molecule has 0 unspecified atom stereocenters. The predicted octanol–water partition coefficient (Wildman–Crippen LogP) is 1.85. The topological polar surface area (TPSA) is 88.8 Å². The Morgan fingerprint density at radius 1 is 1.33 bits per heavy atom. The van der Waals surface area contributed by atoms with Crippen LogP contribution in [0.5, 0.6) is 5.88 Å². The molecule has 134 valence electrons. The van der Waals surface area contributed by atoms with Gasteiger partial charge in [0.25, 0.3) is 5.88 Å². The molecule has 0 N–H and O–H groups in total. The zero-order valence-corrected chi connectivity index (χ0v) is 13.3. The minimum Gasteiger partial charge on any atom is -0.463 e. The van der Waals surface area contributed by atoms with Crippen molar-refractivity contribution in [1.29, 1.82) is 0 Å². The Labute approximate surface area is 136 Å². The molecule has 11 heteroatoms. The van der Waals surface area contributed by atoms with Gasteiger partial charge < -0.3 is 14.5 Å². The van der Waals surface area contributed by atoms with Crippen LogP contribution < -0.4 is 9.64 Å². The second kappa shape index (κ2) is 7.79. The lowest BCUT2D eigenvalue weighted by atomic mass is 10.3. The van der Waals surface area contributed by atoms with Crippen LogP contribution in [0.25, 0.3) is 0 Å². The van der Waals surface area contributed by atoms with Crippen LogP contribution in [-0.4, -0.2) is 60.7 Å². The minimum atomic E-state index is -4.64. The number of carbonyl (C=O) groups excluding carboxylic acids is 1. The van der Waals surface area contributed by atoms with Crippen molar-refractivity contribution in [3.05, 3.63) is 22.2 Å². The van der Waals surface area contributed by atoms with Gasteiger partial charge in [0, 0.05) is 40.2 Å². The van der Waals surface area contributed by atoms with Crippen LogP contribution in [0.15, 0.2) is 12.1 Å². The summed E-state index contributed by atoms with van der Waals surface area (Å²) < 4.78 is 41.2. The van der Waals surface area contributed by atoms with Crippen LogP contribution in [0.2, 0.25) is 0 Å². The van der Waals surface area contributed by atoms with Crippen LogP contribution in [0.4, 0.5) is 24.7 Å². The number of halogens is 3. The number of amides is 1. The number of rotatable bonds is 7. The maximum absolute atomic E-state index is 12.2. The first-order chi connectivity index (χ1) is 11.0. The van der Waals surface area contributed by atoms with Gasteiger partial charge in [0.2, 0.25) is 5.91 Å². The van der Waals surface area contributed by atoms with Crippen molar-refractivity contribution in [3.8, 4) is 5.88 Å². The van der Waals surface area contributed by atoms with E-state index in [9.17, 15) is 28.1 Å². The lowest BCUT2D eigenvalue weighted by molar-refractivity contribution is -0.386. The molecular weight excluding hydrogens is 333 g/mol. The summed E-state index contributed by atoms with van der Waals surface area (Å²) in [5.74, 6) is -0.661. The highest BCUT2D eigenvalue weighted by atomic mass is 19.4. The molecule has 0 saturated carbocycles. The summed E-state index contributed by atoms with van der Waals surface area (Å²) in [6.45, 7) is 0.400. The SMILES string of the molecule is CC(=O)N(C)CCN(C)c1ccc([N+](=O)[O-])c(OCC(F)(F)F)n1. The van der Waals surface area contributed by atoms with Gasteiger partial charge in [0.1, 0.15) is 5.82 Å². The quantitative estimate of drug-likeness (QED) is 0.551. The van der Waals surface area contributed by atoms with E-state index in [-0.39, 0.29) is 11.7 Å². The maximum Gasteiger partial charge on any atom is 0.422 e. The largest absolute Gasteiger partial charge is 0.463 e. The van der Waals surface area contributed by atoms with Crippen molar-refractivity contribution in [2.24, 2.45) is 0 Å². The van der Waals surface area contributed by atoms with Crippen LogP contribution in [0.3, 0.4) is 0 Å². The fourth-order valence-corrected chi connectivity index (χ4v) is 1.60. The van der Waals surface area contributed by atoms with Crippen molar-refractivity contribution in [1.82, 2.24) is 9.88 Å². The van der Waals surface area contributed by atoms with Gasteiger partial charge in [0.15, 0.2) is 6.61 Å². The molecular formula is C13H17F3N4O4. The molecule has 1 heterocycles. The van der Waals surface area contributed by atoms with Crippen LogP contribution in [-0.2, 0) is 4.79 Å². The summed E-state index contributed by atoms with van der Waals surface area (Å²) in [6.07, 6.45) is -4.64. The lowest BCUT2D eigenvalue weighted by Gasteiger charge is -2.22. The van der Waals surface area contributed by atoms with Gasteiger partial charge in [-0.05, 0) is 6.07 Å². The highest BCUT2D eigenvalue weighted by molar-refractivity contribution is 5.72. The Hall–Kier alpha value is -2.59. The molecule has 0 radical (unpaired) electrons. The van der Waals surface area contributed by atoms with E-state index < -0.39 is 29.3 Å². The molecule has 0 spiro atoms. The standard InChI is InChI=1S/C13H17F3N4O4/c1-9(21)18(2)6-7-19(3)11-5-4-10(20(22)23)12(17-11)24-8-13(14,15)16/h4-5H,6-8H2,1-3H3. The summed E-state index contributed by atoms with van der Waals surface area (Å²) in [5, 5.41) is 10.9. The van der Waals surface area contributed by atoms with Gasteiger partial charge in [-0.25, -0.2) is 0 Å². The maximum atomic E-state index is 12.2. The average Bonchev–Trinajstić information content (AvgIpc) is 2.48. The van der Waals surface area contributed by atoms with E-state index in [0.717, 1.165) is 6.07 Å². The van der Waals surface area contributed by atoms with E-state index in [4.69, 9.17) is 0 Å². The number of carbonyl (C=O) groups is 1. The van der Waals surface area contributed by atoms with Gasteiger partial charge in [-0.15, -0.1) is 0 Å². The van der Waals surface area contributed by atoms with Gasteiger partial charge in [-0.3, -0.25) is 14.9 Å². The Bertz CT molecular complexity index is 609. The summed E-state index contributed by atoms with van der Waals surface area (Å²) in [5.41, 5.74) is -0.655. The highest BCUT2D eigenvalue weighted by Crippen LogP contribution is 2.29. The first-order valence-electron chi connectivity index (χ1n) is 6.79. The van der Waals surface area contributed by atoms with Crippen LogP contribution in [0, 0.1) is 10.1 Å². The second-order valence-electron chi connectivity index (χ2n) is 5.02. The lowest BCUT2D eigenvalue weighted by Crippen LogP contribution is -2.33. The van der Waals surface area contributed by atoms with Gasteiger partial charge in [0.05, 0.1) is 4.92 Å². The summed E-state index contributed by atoms with van der Waals surface area (Å²) in [6, 6.07) is 2.32. The van der Waals surface area contributed by atoms with Crippen molar-refractivity contribution < 1.29 is 27.6 Å². The summed E-state index contributed by atoms with van der Waals surface area (Å²) in [4.78, 5) is 27.9. The van der Waals surface area contributed by atoms with Crippen molar-refractivity contribution in [3.63, 3.8) is 0 Å². The molecule has 24 heavy (non-hydrogen) atoms. The Morgan fingerprint density at radius 2 is 1.96 bits per heavy atom. The van der Waals surface area contributed by atoms with Gasteiger partial charge in [-0.2, -0.15) is 18.2 Å². The molecule has 0 bridgehead atoms. The molecule has 1 amide bonds. The van der Waals surface area contributed by atoms with E-state index >= 15 is 0 Å². The monoisotopic (exact) mass is 350 g/mol. The molecule has 0 saturated heterocycles.